The van der Waals surface area contributed by atoms with Crippen molar-refractivity contribution in [2.75, 3.05) is 19.7 Å². The number of thiophene rings is 1. The van der Waals surface area contributed by atoms with Crippen molar-refractivity contribution < 1.29 is 17.9 Å². The molecule has 0 spiro atoms. The molecule has 132 valence electrons. The van der Waals surface area contributed by atoms with Crippen molar-refractivity contribution in [3.8, 4) is 0 Å². The molecule has 0 bridgehead atoms. The van der Waals surface area contributed by atoms with Crippen LogP contribution in [0.25, 0.3) is 0 Å². The van der Waals surface area contributed by atoms with Crippen molar-refractivity contribution in [1.82, 2.24) is 4.31 Å². The van der Waals surface area contributed by atoms with Crippen molar-refractivity contribution in [2.24, 2.45) is 11.8 Å². The van der Waals surface area contributed by atoms with Crippen LogP contribution in [-0.2, 0) is 19.6 Å². The van der Waals surface area contributed by atoms with Crippen LogP contribution in [0.4, 0.5) is 0 Å². The predicted octanol–water partition coefficient (Wildman–Crippen LogP) is 3.05. The number of ether oxygens (including phenoxy) is 1. The Balaban J connectivity index is 1.57. The predicted molar refractivity (Wildman–Crippen MR) is 93.2 cm³/mol. The normalized spacial score (nSPS) is 25.5. The zero-order chi connectivity index (χ0) is 17.0. The van der Waals surface area contributed by atoms with Gasteiger partial charge in [-0.15, -0.1) is 11.3 Å². The topological polar surface area (TPSA) is 63.7 Å². The van der Waals surface area contributed by atoms with E-state index in [2.05, 4.69) is 12.2 Å². The summed E-state index contributed by atoms with van der Waals surface area (Å²) < 4.78 is 32.4. The maximum atomic E-state index is 12.6. The fourth-order valence-corrected chi connectivity index (χ4v) is 5.88. The van der Waals surface area contributed by atoms with Crippen molar-refractivity contribution in [3.05, 3.63) is 29.7 Å². The van der Waals surface area contributed by atoms with Gasteiger partial charge in [0, 0.05) is 13.1 Å². The van der Waals surface area contributed by atoms with E-state index in [4.69, 9.17) is 4.74 Å². The number of hydrogen-bond donors (Lipinski definition) is 0. The number of rotatable bonds is 5. The summed E-state index contributed by atoms with van der Waals surface area (Å²) in [6.07, 6.45) is 8.73. The van der Waals surface area contributed by atoms with Gasteiger partial charge >= 0.3 is 5.97 Å². The van der Waals surface area contributed by atoms with Gasteiger partial charge in [-0.3, -0.25) is 4.79 Å². The quantitative estimate of drug-likeness (QED) is 0.591. The van der Waals surface area contributed by atoms with E-state index in [1.54, 1.807) is 17.5 Å². The van der Waals surface area contributed by atoms with Gasteiger partial charge in [0.2, 0.25) is 0 Å². The number of esters is 1. The third-order valence-corrected chi connectivity index (χ3v) is 7.88. The van der Waals surface area contributed by atoms with Crippen LogP contribution < -0.4 is 0 Å². The molecule has 3 rings (SSSR count). The van der Waals surface area contributed by atoms with Crippen LogP contribution in [0.5, 0.6) is 0 Å². The van der Waals surface area contributed by atoms with Gasteiger partial charge in [-0.05, 0) is 49.5 Å². The van der Waals surface area contributed by atoms with E-state index in [-0.39, 0.29) is 18.4 Å². The molecule has 2 atom stereocenters. The Morgan fingerprint density at radius 3 is 2.92 bits per heavy atom. The Kier molecular flexibility index (Phi) is 5.73. The second-order valence-electron chi connectivity index (χ2n) is 6.41. The first-order chi connectivity index (χ1) is 11.6. The summed E-state index contributed by atoms with van der Waals surface area (Å²) in [5.41, 5.74) is 0. The third-order valence-electron chi connectivity index (χ3n) is 4.65. The van der Waals surface area contributed by atoms with Crippen LogP contribution in [0, 0.1) is 11.8 Å². The summed E-state index contributed by atoms with van der Waals surface area (Å²) in [5.74, 6) is -0.211. The largest absolute Gasteiger partial charge is 0.465 e. The van der Waals surface area contributed by atoms with Crippen LogP contribution in [0.15, 0.2) is 33.9 Å². The monoisotopic (exact) mass is 369 g/mol. The molecular weight excluding hydrogens is 346 g/mol. The van der Waals surface area contributed by atoms with Crippen molar-refractivity contribution >= 4 is 27.3 Å². The molecule has 5 nitrogen and oxygen atoms in total. The maximum Gasteiger partial charge on any atom is 0.310 e. The van der Waals surface area contributed by atoms with Crippen LogP contribution in [0.1, 0.15) is 32.1 Å². The zero-order valence-electron chi connectivity index (χ0n) is 13.6. The number of piperidine rings is 1. The highest BCUT2D eigenvalue weighted by atomic mass is 32.2. The molecule has 0 radical (unpaired) electrons. The van der Waals surface area contributed by atoms with Gasteiger partial charge in [0.05, 0.1) is 12.5 Å². The summed E-state index contributed by atoms with van der Waals surface area (Å²) in [6, 6.07) is 3.34. The number of allylic oxidation sites excluding steroid dienone is 2. The molecule has 2 heterocycles. The van der Waals surface area contributed by atoms with E-state index < -0.39 is 10.0 Å². The number of carbonyl (C=O) groups excluding carboxylic acids is 1. The van der Waals surface area contributed by atoms with Crippen LogP contribution in [-0.4, -0.2) is 38.4 Å². The first-order valence-electron chi connectivity index (χ1n) is 8.42. The highest BCUT2D eigenvalue weighted by Crippen LogP contribution is 2.27. The van der Waals surface area contributed by atoms with Crippen LogP contribution in [0.3, 0.4) is 0 Å². The summed E-state index contributed by atoms with van der Waals surface area (Å²) in [6.45, 7) is 1.14. The van der Waals surface area contributed by atoms with Crippen LogP contribution in [0.2, 0.25) is 0 Å². The number of nitrogens with zero attached hydrogens (tertiary/aromatic N) is 1. The Morgan fingerprint density at radius 1 is 1.33 bits per heavy atom. The van der Waals surface area contributed by atoms with E-state index in [9.17, 15) is 13.2 Å². The Morgan fingerprint density at radius 2 is 2.21 bits per heavy atom. The van der Waals surface area contributed by atoms with E-state index in [1.165, 1.54) is 15.6 Å². The van der Waals surface area contributed by atoms with Gasteiger partial charge in [-0.2, -0.15) is 4.31 Å². The molecule has 1 saturated heterocycles. The molecule has 1 aliphatic carbocycles. The molecule has 2 aliphatic rings. The molecule has 0 amide bonds. The van der Waals surface area contributed by atoms with Gasteiger partial charge in [0.25, 0.3) is 10.0 Å². The molecule has 1 fully saturated rings. The Bertz CT molecular complexity index is 681. The van der Waals surface area contributed by atoms with Crippen molar-refractivity contribution in [3.63, 3.8) is 0 Å². The molecule has 0 saturated carbocycles. The molecule has 1 aliphatic heterocycles. The first kappa shape index (κ1) is 17.6. The second-order valence-corrected chi connectivity index (χ2v) is 9.53. The third kappa shape index (κ3) is 4.07. The molecular formula is C17H23NO4S2. The molecule has 0 N–H and O–H groups in total. The van der Waals surface area contributed by atoms with Gasteiger partial charge in [-0.25, -0.2) is 8.42 Å². The number of sulfonamides is 1. The highest BCUT2D eigenvalue weighted by molar-refractivity contribution is 7.91. The standard InChI is InChI=1S/C17H23NO4S2/c19-17(22-13-14-6-2-1-3-7-14)15-8-4-10-18(12-15)24(20,21)16-9-5-11-23-16/h1-2,5,9,11,14-15H,3-4,6-8,10,12-13H2. The average molecular weight is 370 g/mol. The zero-order valence-corrected chi connectivity index (χ0v) is 15.2. The second kappa shape index (κ2) is 7.80. The van der Waals surface area contributed by atoms with Gasteiger partial charge in [0.1, 0.15) is 4.21 Å². The summed E-state index contributed by atoms with van der Waals surface area (Å²) >= 11 is 1.21. The first-order valence-corrected chi connectivity index (χ1v) is 10.7. The van der Waals surface area contributed by atoms with Crippen molar-refractivity contribution in [1.29, 1.82) is 0 Å². The summed E-state index contributed by atoms with van der Waals surface area (Å²) in [5, 5.41) is 1.75. The Labute approximate surface area is 147 Å². The van der Waals surface area contributed by atoms with Crippen molar-refractivity contribution in [2.45, 2.75) is 36.3 Å². The van der Waals surface area contributed by atoms with Gasteiger partial charge in [0.15, 0.2) is 0 Å². The summed E-state index contributed by atoms with van der Waals surface area (Å²) in [7, 11) is -3.49. The summed E-state index contributed by atoms with van der Waals surface area (Å²) in [4.78, 5) is 12.3. The fourth-order valence-electron chi connectivity index (χ4n) is 3.22. The van der Waals surface area contributed by atoms with E-state index in [1.807, 2.05) is 0 Å². The lowest BCUT2D eigenvalue weighted by Crippen LogP contribution is -2.42. The number of carbonyl (C=O) groups is 1. The van der Waals surface area contributed by atoms with Gasteiger partial charge < -0.3 is 4.74 Å². The highest BCUT2D eigenvalue weighted by Gasteiger charge is 2.34. The fraction of sp³-hybridized carbons (Fsp3) is 0.588. The van der Waals surface area contributed by atoms with Crippen LogP contribution >= 0.6 is 11.3 Å². The smallest absolute Gasteiger partial charge is 0.310 e. The lowest BCUT2D eigenvalue weighted by Gasteiger charge is -2.30. The minimum Gasteiger partial charge on any atom is -0.465 e. The minimum atomic E-state index is -3.49. The molecule has 1 aromatic rings. The number of hydrogen-bond acceptors (Lipinski definition) is 5. The SMILES string of the molecule is O=C(OCC1CC=CCC1)C1CCCN(S(=O)(=O)c2cccs2)C1. The molecule has 7 heteroatoms. The lowest BCUT2D eigenvalue weighted by molar-refractivity contribution is -0.151. The molecule has 1 aromatic heterocycles. The maximum absolute atomic E-state index is 12.6. The molecule has 2 unspecified atom stereocenters. The van der Waals surface area contributed by atoms with E-state index >= 15 is 0 Å². The van der Waals surface area contributed by atoms with E-state index in [0.717, 1.165) is 19.3 Å². The van der Waals surface area contributed by atoms with Gasteiger partial charge in [-0.1, -0.05) is 18.2 Å². The minimum absolute atomic E-state index is 0.226. The lowest BCUT2D eigenvalue weighted by atomic mass is 9.95. The van der Waals surface area contributed by atoms with E-state index in [0.29, 0.717) is 36.1 Å². The molecule has 0 aromatic carbocycles. The Hall–Kier alpha value is -1.18. The molecule has 24 heavy (non-hydrogen) atoms. The average Bonchev–Trinajstić information content (AvgIpc) is 3.16.